The number of anilines is 1. The number of carboxylic acids is 1. The van der Waals surface area contributed by atoms with E-state index in [0.717, 1.165) is 31.2 Å². The number of fused-ring (bicyclic) bond motifs is 1. The Hall–Kier alpha value is -4.04. The second-order valence-corrected chi connectivity index (χ2v) is 8.52. The summed E-state index contributed by atoms with van der Waals surface area (Å²) in [6.45, 7) is 2.94. The van der Waals surface area contributed by atoms with Crippen LogP contribution in [0.15, 0.2) is 48.9 Å². The Balaban J connectivity index is 0.000000405. The number of halogens is 3. The smallest absolute Gasteiger partial charge is 0.475 e. The Morgan fingerprint density at radius 2 is 1.78 bits per heavy atom. The number of nitrogens with one attached hydrogen (secondary N) is 2. The number of aromatic nitrogens is 4. The number of hydroxylamine groups is 1. The number of rotatable bonds is 6. The highest BCUT2D eigenvalue weighted by Crippen LogP contribution is 2.40. The summed E-state index contributed by atoms with van der Waals surface area (Å²) in [6, 6.07) is 11.2. The fourth-order valence-electron chi connectivity index (χ4n) is 3.96. The Bertz CT molecular complexity index is 1240. The summed E-state index contributed by atoms with van der Waals surface area (Å²) >= 11 is 0. The van der Waals surface area contributed by atoms with Gasteiger partial charge in [0.2, 0.25) is 5.95 Å². The van der Waals surface area contributed by atoms with Crippen molar-refractivity contribution in [1.29, 1.82) is 0 Å². The van der Waals surface area contributed by atoms with Gasteiger partial charge in [0, 0.05) is 50.2 Å². The molecule has 14 heteroatoms. The van der Waals surface area contributed by atoms with Crippen molar-refractivity contribution in [1.82, 2.24) is 30.3 Å². The number of alkyl halides is 3. The molecule has 3 heterocycles. The van der Waals surface area contributed by atoms with Crippen LogP contribution in [0.25, 0.3) is 0 Å². The van der Waals surface area contributed by atoms with Crippen LogP contribution in [-0.2, 0) is 24.4 Å². The molecule has 2 aliphatic rings. The Morgan fingerprint density at radius 1 is 1.11 bits per heavy atom. The normalized spacial score (nSPS) is 18.3. The molecule has 3 aromatic rings. The predicted molar refractivity (Wildman–Crippen MR) is 123 cm³/mol. The van der Waals surface area contributed by atoms with E-state index in [1.54, 1.807) is 5.48 Å². The minimum absolute atomic E-state index is 0.210. The molecule has 1 aromatic carbocycles. The standard InChI is InChI=1S/C21H23N7O2.C2HF3O2/c29-20(26-30)15-9-23-21(24-10-15)28-7-6-27-12-16(25-19(27)13-28)11-22-18-8-17(18)14-4-2-1-3-5-14;3-2(4,5)1(6)7/h1-5,9-10,12,17-18,22,30H,6-8,11,13H2,(H,26,29);(H,6,7). The molecule has 1 aliphatic carbocycles. The number of aliphatic carboxylic acids is 1. The van der Waals surface area contributed by atoms with Gasteiger partial charge in [-0.2, -0.15) is 13.2 Å². The molecule has 5 rings (SSSR count). The molecule has 0 saturated heterocycles. The Labute approximate surface area is 208 Å². The van der Waals surface area contributed by atoms with Gasteiger partial charge in [-0.25, -0.2) is 25.2 Å². The second-order valence-electron chi connectivity index (χ2n) is 8.52. The topological polar surface area (TPSA) is 145 Å². The summed E-state index contributed by atoms with van der Waals surface area (Å²) < 4.78 is 33.9. The molecule has 4 N–H and O–H groups in total. The third-order valence-corrected chi connectivity index (χ3v) is 5.94. The summed E-state index contributed by atoms with van der Waals surface area (Å²) in [5.41, 5.74) is 4.23. The zero-order chi connectivity index (χ0) is 26.6. The van der Waals surface area contributed by atoms with Crippen molar-refractivity contribution in [3.8, 4) is 0 Å². The molecule has 0 spiro atoms. The second kappa shape index (κ2) is 10.9. The molecule has 37 heavy (non-hydrogen) atoms. The van der Waals surface area contributed by atoms with Crippen LogP contribution < -0.4 is 15.7 Å². The van der Waals surface area contributed by atoms with E-state index in [9.17, 15) is 18.0 Å². The molecule has 0 bridgehead atoms. The van der Waals surface area contributed by atoms with Crippen LogP contribution >= 0.6 is 0 Å². The average Bonchev–Trinajstić information content (AvgIpc) is 3.56. The highest BCUT2D eigenvalue weighted by atomic mass is 19.4. The van der Waals surface area contributed by atoms with Gasteiger partial charge in [-0.05, 0) is 12.0 Å². The number of imidazole rings is 1. The van der Waals surface area contributed by atoms with E-state index in [2.05, 4.69) is 56.4 Å². The molecule has 1 saturated carbocycles. The SMILES string of the molecule is O=C(NO)c1cnc(N2CCn3cc(CNC4CC4c4ccccc4)nc3C2)nc1.O=C(O)C(F)(F)F. The Morgan fingerprint density at radius 3 is 2.41 bits per heavy atom. The van der Waals surface area contributed by atoms with Crippen LogP contribution in [0.1, 0.15) is 39.8 Å². The van der Waals surface area contributed by atoms with Gasteiger partial charge in [0.15, 0.2) is 0 Å². The minimum Gasteiger partial charge on any atom is -0.475 e. The number of carbonyl (C=O) groups excluding carboxylic acids is 1. The molecule has 2 unspecified atom stereocenters. The van der Waals surface area contributed by atoms with Crippen molar-refractivity contribution in [3.05, 3.63) is 71.6 Å². The molecule has 1 aliphatic heterocycles. The lowest BCUT2D eigenvalue weighted by atomic mass is 10.1. The summed E-state index contributed by atoms with van der Waals surface area (Å²) in [4.78, 5) is 35.6. The van der Waals surface area contributed by atoms with Crippen LogP contribution in [0.5, 0.6) is 0 Å². The van der Waals surface area contributed by atoms with Crippen LogP contribution in [0.2, 0.25) is 0 Å². The van der Waals surface area contributed by atoms with E-state index in [1.165, 1.54) is 24.4 Å². The van der Waals surface area contributed by atoms with Crippen molar-refractivity contribution in [2.45, 2.75) is 44.2 Å². The van der Waals surface area contributed by atoms with Crippen molar-refractivity contribution in [2.75, 3.05) is 11.4 Å². The first kappa shape index (κ1) is 26.0. The lowest BCUT2D eigenvalue weighted by molar-refractivity contribution is -0.192. The number of amides is 1. The van der Waals surface area contributed by atoms with Crippen LogP contribution in [0.3, 0.4) is 0 Å². The zero-order valence-electron chi connectivity index (χ0n) is 19.4. The fourth-order valence-corrected chi connectivity index (χ4v) is 3.96. The van der Waals surface area contributed by atoms with E-state index >= 15 is 0 Å². The number of carbonyl (C=O) groups is 2. The maximum Gasteiger partial charge on any atom is 0.490 e. The number of hydrogen-bond donors (Lipinski definition) is 4. The van der Waals surface area contributed by atoms with Gasteiger partial charge in [-0.15, -0.1) is 0 Å². The first-order valence-corrected chi connectivity index (χ1v) is 11.3. The van der Waals surface area contributed by atoms with Gasteiger partial charge in [0.25, 0.3) is 5.91 Å². The highest BCUT2D eigenvalue weighted by molar-refractivity contribution is 5.92. The molecule has 1 fully saturated rings. The summed E-state index contributed by atoms with van der Waals surface area (Å²) in [5.74, 6) is -1.26. The zero-order valence-corrected chi connectivity index (χ0v) is 19.4. The number of benzene rings is 1. The molecule has 2 aromatic heterocycles. The molecule has 2 atom stereocenters. The van der Waals surface area contributed by atoms with Crippen molar-refractivity contribution >= 4 is 17.8 Å². The fraction of sp³-hybridized carbons (Fsp3) is 0.348. The molecular formula is C23H24F3N7O4. The Kier molecular flexibility index (Phi) is 7.69. The van der Waals surface area contributed by atoms with Crippen LogP contribution in [-0.4, -0.2) is 60.5 Å². The van der Waals surface area contributed by atoms with Crippen molar-refractivity contribution in [2.24, 2.45) is 0 Å². The van der Waals surface area contributed by atoms with E-state index < -0.39 is 18.1 Å². The number of hydrogen-bond acceptors (Lipinski definition) is 8. The number of nitrogens with zero attached hydrogens (tertiary/aromatic N) is 5. The predicted octanol–water partition coefficient (Wildman–Crippen LogP) is 2.09. The molecule has 1 amide bonds. The van der Waals surface area contributed by atoms with Crippen molar-refractivity contribution in [3.63, 3.8) is 0 Å². The maximum absolute atomic E-state index is 11.4. The van der Waals surface area contributed by atoms with Gasteiger partial charge >= 0.3 is 12.1 Å². The van der Waals surface area contributed by atoms with E-state index in [1.807, 2.05) is 4.90 Å². The maximum atomic E-state index is 11.4. The highest BCUT2D eigenvalue weighted by Gasteiger charge is 2.38. The third kappa shape index (κ3) is 6.59. The van der Waals surface area contributed by atoms with Crippen molar-refractivity contribution < 1.29 is 33.1 Å². The van der Waals surface area contributed by atoms with E-state index in [-0.39, 0.29) is 5.56 Å². The largest absolute Gasteiger partial charge is 0.490 e. The van der Waals surface area contributed by atoms with Gasteiger partial charge in [-0.3, -0.25) is 10.0 Å². The van der Waals surface area contributed by atoms with E-state index in [4.69, 9.17) is 20.1 Å². The molecule has 196 valence electrons. The van der Waals surface area contributed by atoms with Gasteiger partial charge in [0.05, 0.1) is 17.8 Å². The van der Waals surface area contributed by atoms with Gasteiger partial charge in [0.1, 0.15) is 5.82 Å². The average molecular weight is 519 g/mol. The van der Waals surface area contributed by atoms with Gasteiger partial charge in [-0.1, -0.05) is 30.3 Å². The molecule has 11 nitrogen and oxygen atoms in total. The summed E-state index contributed by atoms with van der Waals surface area (Å²) in [7, 11) is 0. The quantitative estimate of drug-likeness (QED) is 0.284. The van der Waals surface area contributed by atoms with Gasteiger partial charge < -0.3 is 19.9 Å². The van der Waals surface area contributed by atoms with Crippen LogP contribution in [0, 0.1) is 0 Å². The molecule has 0 radical (unpaired) electrons. The third-order valence-electron chi connectivity index (χ3n) is 5.94. The first-order valence-electron chi connectivity index (χ1n) is 11.3. The minimum atomic E-state index is -5.08. The monoisotopic (exact) mass is 519 g/mol. The summed E-state index contributed by atoms with van der Waals surface area (Å²) in [6.07, 6.45) is 1.02. The van der Waals surface area contributed by atoms with Crippen LogP contribution in [0.4, 0.5) is 19.1 Å². The lowest BCUT2D eigenvalue weighted by Gasteiger charge is -2.27. The number of carboxylic acid groups (broad SMARTS) is 1. The van der Waals surface area contributed by atoms with E-state index in [0.29, 0.717) is 24.5 Å². The lowest BCUT2D eigenvalue weighted by Crippen LogP contribution is -2.34. The molecular weight excluding hydrogens is 495 g/mol. The first-order chi connectivity index (χ1) is 17.7. The summed E-state index contributed by atoms with van der Waals surface area (Å²) in [5, 5.41) is 19.4.